The molecular weight excluding hydrogens is 403 g/mol. The van der Waals surface area contributed by atoms with E-state index in [9.17, 15) is 9.18 Å². The van der Waals surface area contributed by atoms with Crippen LogP contribution in [0.5, 0.6) is 0 Å². The first-order chi connectivity index (χ1) is 9.97. The number of carbonyl (C=O) groups excluding carboxylic acids is 1. The highest BCUT2D eigenvalue weighted by atomic mass is 79.9. The predicted octanol–water partition coefficient (Wildman–Crippen LogP) is 5.64. The summed E-state index contributed by atoms with van der Waals surface area (Å²) in [5, 5.41) is 0.881. The van der Waals surface area contributed by atoms with Crippen LogP contribution in [0.2, 0.25) is 0 Å². The van der Waals surface area contributed by atoms with Crippen LogP contribution in [0.1, 0.15) is 21.7 Å². The van der Waals surface area contributed by atoms with Gasteiger partial charge in [-0.2, -0.15) is 0 Å². The topological polar surface area (TPSA) is 30.2 Å². The van der Waals surface area contributed by atoms with Gasteiger partial charge in [-0.05, 0) is 59.3 Å². The molecule has 1 aromatic heterocycles. The molecular formula is C16H9Br2FO2. The van der Waals surface area contributed by atoms with Crippen LogP contribution in [0.15, 0.2) is 49.8 Å². The largest absolute Gasteiger partial charge is 0.452 e. The van der Waals surface area contributed by atoms with E-state index >= 15 is 0 Å². The molecule has 0 spiro atoms. The van der Waals surface area contributed by atoms with Crippen LogP contribution in [-0.2, 0) is 0 Å². The Morgan fingerprint density at radius 3 is 2.62 bits per heavy atom. The van der Waals surface area contributed by atoms with Crippen molar-refractivity contribution in [1.82, 2.24) is 0 Å². The summed E-state index contributed by atoms with van der Waals surface area (Å²) in [4.78, 5) is 12.6. The fraction of sp³-hybridized carbons (Fsp3) is 0.0625. The Morgan fingerprint density at radius 2 is 1.90 bits per heavy atom. The minimum absolute atomic E-state index is 0.272. The van der Waals surface area contributed by atoms with Crippen LogP contribution < -0.4 is 0 Å². The maximum Gasteiger partial charge on any atom is 0.229 e. The molecule has 0 fully saturated rings. The van der Waals surface area contributed by atoms with Gasteiger partial charge in [0, 0.05) is 25.5 Å². The Balaban J connectivity index is 2.15. The number of fused-ring (bicyclic) bond motifs is 1. The Morgan fingerprint density at radius 1 is 1.14 bits per heavy atom. The van der Waals surface area contributed by atoms with E-state index in [1.54, 1.807) is 0 Å². The van der Waals surface area contributed by atoms with Crippen molar-refractivity contribution in [2.75, 3.05) is 0 Å². The van der Waals surface area contributed by atoms with Crippen LogP contribution in [0.3, 0.4) is 0 Å². The molecule has 1 heterocycles. The smallest absolute Gasteiger partial charge is 0.229 e. The summed E-state index contributed by atoms with van der Waals surface area (Å²) >= 11 is 6.62. The highest BCUT2D eigenvalue weighted by molar-refractivity contribution is 9.10. The monoisotopic (exact) mass is 410 g/mol. The van der Waals surface area contributed by atoms with Crippen LogP contribution in [0.4, 0.5) is 4.39 Å². The summed E-state index contributed by atoms with van der Waals surface area (Å²) in [6, 6.07) is 9.54. The van der Waals surface area contributed by atoms with Gasteiger partial charge in [0.25, 0.3) is 0 Å². The van der Waals surface area contributed by atoms with Crippen molar-refractivity contribution in [1.29, 1.82) is 0 Å². The summed E-state index contributed by atoms with van der Waals surface area (Å²) in [7, 11) is 0. The lowest BCUT2D eigenvalue weighted by atomic mass is 10.0. The molecule has 0 aliphatic heterocycles. The van der Waals surface area contributed by atoms with Crippen molar-refractivity contribution in [2.45, 2.75) is 6.92 Å². The van der Waals surface area contributed by atoms with Gasteiger partial charge in [-0.3, -0.25) is 4.79 Å². The molecule has 5 heteroatoms. The van der Waals surface area contributed by atoms with Crippen molar-refractivity contribution >= 4 is 48.6 Å². The van der Waals surface area contributed by atoms with Crippen molar-refractivity contribution in [3.8, 4) is 0 Å². The molecule has 106 valence electrons. The molecule has 0 saturated heterocycles. The lowest BCUT2D eigenvalue weighted by Gasteiger charge is -2.02. The summed E-state index contributed by atoms with van der Waals surface area (Å²) < 4.78 is 20.1. The lowest BCUT2D eigenvalue weighted by Crippen LogP contribution is -2.03. The average molecular weight is 412 g/mol. The number of halogens is 3. The highest BCUT2D eigenvalue weighted by Gasteiger charge is 2.21. The van der Waals surface area contributed by atoms with Gasteiger partial charge < -0.3 is 4.42 Å². The van der Waals surface area contributed by atoms with E-state index in [-0.39, 0.29) is 11.5 Å². The van der Waals surface area contributed by atoms with E-state index < -0.39 is 5.82 Å². The van der Waals surface area contributed by atoms with Crippen molar-refractivity contribution in [3.63, 3.8) is 0 Å². The summed E-state index contributed by atoms with van der Waals surface area (Å²) in [5.41, 5.74) is 1.79. The van der Waals surface area contributed by atoms with Gasteiger partial charge in [0.2, 0.25) is 5.78 Å². The van der Waals surface area contributed by atoms with Gasteiger partial charge >= 0.3 is 0 Å². The molecule has 0 bridgehead atoms. The van der Waals surface area contributed by atoms with E-state index in [1.807, 2.05) is 25.1 Å². The molecule has 0 amide bonds. The third-order valence-electron chi connectivity index (χ3n) is 3.28. The zero-order chi connectivity index (χ0) is 15.1. The molecule has 0 aliphatic carbocycles. The minimum atomic E-state index is -0.399. The SMILES string of the molecule is Cc1c(C(=O)c2ccc(F)cc2Br)oc2ccc(Br)cc12. The second-order valence-electron chi connectivity index (χ2n) is 4.65. The standard InChI is InChI=1S/C16H9Br2FO2/c1-8-12-6-9(17)2-5-14(12)21-16(8)15(20)11-4-3-10(19)7-13(11)18/h2-7H,1H3. The van der Waals surface area contributed by atoms with Gasteiger partial charge in [-0.1, -0.05) is 15.9 Å². The predicted molar refractivity (Wildman–Crippen MR) is 86.2 cm³/mol. The van der Waals surface area contributed by atoms with Gasteiger partial charge in [-0.15, -0.1) is 0 Å². The molecule has 21 heavy (non-hydrogen) atoms. The first-order valence-electron chi connectivity index (χ1n) is 6.16. The third-order valence-corrected chi connectivity index (χ3v) is 4.43. The Bertz CT molecular complexity index is 868. The Labute approximate surface area is 137 Å². The third kappa shape index (κ3) is 2.56. The van der Waals surface area contributed by atoms with Crippen LogP contribution in [0, 0.1) is 12.7 Å². The maximum atomic E-state index is 13.1. The molecule has 2 aromatic carbocycles. The molecule has 2 nitrogen and oxygen atoms in total. The van der Waals surface area contributed by atoms with Crippen molar-refractivity contribution in [2.24, 2.45) is 0 Å². The first kappa shape index (κ1) is 14.5. The number of rotatable bonds is 2. The Kier molecular flexibility index (Phi) is 3.71. The first-order valence-corrected chi connectivity index (χ1v) is 7.74. The minimum Gasteiger partial charge on any atom is -0.452 e. The number of ketones is 1. The second-order valence-corrected chi connectivity index (χ2v) is 6.42. The van der Waals surface area contributed by atoms with Crippen molar-refractivity contribution in [3.05, 3.63) is 68.0 Å². The van der Waals surface area contributed by atoms with Gasteiger partial charge in [0.1, 0.15) is 11.4 Å². The lowest BCUT2D eigenvalue weighted by molar-refractivity contribution is 0.101. The highest BCUT2D eigenvalue weighted by Crippen LogP contribution is 2.31. The molecule has 0 N–H and O–H groups in total. The number of carbonyl (C=O) groups is 1. The number of furan rings is 1. The molecule has 0 unspecified atom stereocenters. The van der Waals surface area contributed by atoms with E-state index in [4.69, 9.17) is 4.42 Å². The molecule has 3 aromatic rings. The van der Waals surface area contributed by atoms with E-state index in [2.05, 4.69) is 31.9 Å². The zero-order valence-electron chi connectivity index (χ0n) is 10.9. The van der Waals surface area contributed by atoms with E-state index in [0.29, 0.717) is 15.6 Å². The maximum absolute atomic E-state index is 13.1. The molecule has 0 aliphatic rings. The van der Waals surface area contributed by atoms with E-state index in [1.165, 1.54) is 18.2 Å². The number of benzene rings is 2. The van der Waals surface area contributed by atoms with Crippen LogP contribution in [-0.4, -0.2) is 5.78 Å². The molecule has 0 saturated carbocycles. The Hall–Kier alpha value is -1.46. The van der Waals surface area contributed by atoms with E-state index in [0.717, 1.165) is 15.4 Å². The fourth-order valence-electron chi connectivity index (χ4n) is 2.21. The van der Waals surface area contributed by atoms with Crippen LogP contribution >= 0.6 is 31.9 Å². The fourth-order valence-corrected chi connectivity index (χ4v) is 3.10. The quantitative estimate of drug-likeness (QED) is 0.511. The van der Waals surface area contributed by atoms with Gasteiger partial charge in [0.15, 0.2) is 5.76 Å². The summed E-state index contributed by atoms with van der Waals surface area (Å²) in [6.07, 6.45) is 0. The molecule has 0 atom stereocenters. The summed E-state index contributed by atoms with van der Waals surface area (Å²) in [5.74, 6) is -0.397. The normalized spacial score (nSPS) is 11.0. The number of hydrogen-bond acceptors (Lipinski definition) is 2. The molecule has 3 rings (SSSR count). The van der Waals surface area contributed by atoms with Gasteiger partial charge in [-0.25, -0.2) is 4.39 Å². The zero-order valence-corrected chi connectivity index (χ0v) is 14.1. The second kappa shape index (κ2) is 5.39. The van der Waals surface area contributed by atoms with Crippen LogP contribution in [0.25, 0.3) is 11.0 Å². The summed E-state index contributed by atoms with van der Waals surface area (Å²) in [6.45, 7) is 1.84. The number of hydrogen-bond donors (Lipinski definition) is 0. The van der Waals surface area contributed by atoms with Crippen molar-refractivity contribution < 1.29 is 13.6 Å². The average Bonchev–Trinajstić information content (AvgIpc) is 2.75. The van der Waals surface area contributed by atoms with Gasteiger partial charge in [0.05, 0.1) is 0 Å². The molecule has 0 radical (unpaired) electrons. The number of aryl methyl sites for hydroxylation is 1.